The van der Waals surface area contributed by atoms with Crippen molar-refractivity contribution in [3.63, 3.8) is 0 Å². The minimum Gasteiger partial charge on any atom is -0.371 e. The summed E-state index contributed by atoms with van der Waals surface area (Å²) in [5.41, 5.74) is 10.0. The minimum absolute atomic E-state index is 0.237. The molecule has 2 rings (SSSR count). The molecule has 1 aliphatic carbocycles. The van der Waals surface area contributed by atoms with Gasteiger partial charge in [-0.3, -0.25) is 0 Å². The molecule has 0 heterocycles. The smallest absolute Gasteiger partial charge is 0.0396 e. The summed E-state index contributed by atoms with van der Waals surface area (Å²) in [6, 6.07) is 7.79. The van der Waals surface area contributed by atoms with E-state index in [1.54, 1.807) is 0 Å². The van der Waals surface area contributed by atoms with Gasteiger partial charge in [-0.2, -0.15) is 0 Å². The van der Waals surface area contributed by atoms with Crippen LogP contribution in [0.15, 0.2) is 18.2 Å². The fraction of sp³-hybridized carbons (Fsp3) is 0.647. The Morgan fingerprint density at radius 2 is 1.95 bits per heavy atom. The molecule has 19 heavy (non-hydrogen) atoms. The topological polar surface area (TPSA) is 29.3 Å². The molecule has 1 aromatic carbocycles. The molecule has 2 nitrogen and oxygen atoms in total. The van der Waals surface area contributed by atoms with E-state index in [1.807, 2.05) is 0 Å². The van der Waals surface area contributed by atoms with Gasteiger partial charge in [0.2, 0.25) is 0 Å². The Kier molecular flexibility index (Phi) is 4.87. The lowest BCUT2D eigenvalue weighted by molar-refractivity contribution is 0.427. The van der Waals surface area contributed by atoms with Gasteiger partial charge in [-0.25, -0.2) is 0 Å². The van der Waals surface area contributed by atoms with E-state index in [4.69, 9.17) is 5.73 Å². The summed E-state index contributed by atoms with van der Waals surface area (Å²) in [7, 11) is 2.25. The molecule has 0 aliphatic heterocycles. The Morgan fingerprint density at radius 3 is 2.53 bits per heavy atom. The predicted molar refractivity (Wildman–Crippen MR) is 83.8 cm³/mol. The van der Waals surface area contributed by atoms with Gasteiger partial charge in [0, 0.05) is 24.8 Å². The van der Waals surface area contributed by atoms with Crippen molar-refractivity contribution in [1.29, 1.82) is 0 Å². The third-order valence-electron chi connectivity index (χ3n) is 4.32. The molecular formula is C17H28N2. The van der Waals surface area contributed by atoms with Gasteiger partial charge in [0.25, 0.3) is 0 Å². The highest BCUT2D eigenvalue weighted by Crippen LogP contribution is 2.28. The highest BCUT2D eigenvalue weighted by atomic mass is 15.1. The molecule has 0 radical (unpaired) electrons. The maximum atomic E-state index is 5.88. The van der Waals surface area contributed by atoms with Crippen molar-refractivity contribution in [3.8, 4) is 0 Å². The van der Waals surface area contributed by atoms with Crippen LogP contribution in [0, 0.1) is 6.92 Å². The summed E-state index contributed by atoms with van der Waals surface area (Å²) in [6.45, 7) is 4.29. The van der Waals surface area contributed by atoms with E-state index >= 15 is 0 Å². The van der Waals surface area contributed by atoms with Crippen LogP contribution >= 0.6 is 0 Å². The summed E-state index contributed by atoms with van der Waals surface area (Å²) < 4.78 is 0. The van der Waals surface area contributed by atoms with Crippen LogP contribution in [0.2, 0.25) is 0 Å². The van der Waals surface area contributed by atoms with Crippen LogP contribution in [0.25, 0.3) is 0 Å². The molecule has 1 saturated carbocycles. The third-order valence-corrected chi connectivity index (χ3v) is 4.32. The zero-order valence-corrected chi connectivity index (χ0v) is 12.7. The number of hydrogen-bond acceptors (Lipinski definition) is 2. The van der Waals surface area contributed by atoms with E-state index in [-0.39, 0.29) is 6.04 Å². The number of nitrogens with two attached hydrogens (primary N) is 1. The molecule has 0 bridgehead atoms. The largest absolute Gasteiger partial charge is 0.371 e. The Morgan fingerprint density at radius 1 is 1.26 bits per heavy atom. The van der Waals surface area contributed by atoms with Crippen LogP contribution in [0.5, 0.6) is 0 Å². The van der Waals surface area contributed by atoms with Crippen molar-refractivity contribution in [2.75, 3.05) is 11.9 Å². The summed E-state index contributed by atoms with van der Waals surface area (Å²) >= 11 is 0. The van der Waals surface area contributed by atoms with Gasteiger partial charge in [-0.05, 0) is 50.3 Å². The number of aryl methyl sites for hydroxylation is 1. The van der Waals surface area contributed by atoms with E-state index in [2.05, 4.69) is 44.0 Å². The highest BCUT2D eigenvalue weighted by molar-refractivity contribution is 5.54. The first-order chi connectivity index (χ1) is 9.08. The fourth-order valence-electron chi connectivity index (χ4n) is 3.28. The molecule has 2 N–H and O–H groups in total. The minimum atomic E-state index is 0.237. The zero-order chi connectivity index (χ0) is 13.8. The molecule has 0 spiro atoms. The fourth-order valence-corrected chi connectivity index (χ4v) is 3.28. The van der Waals surface area contributed by atoms with E-state index in [0.29, 0.717) is 0 Å². The molecule has 0 saturated heterocycles. The zero-order valence-electron chi connectivity index (χ0n) is 12.7. The van der Waals surface area contributed by atoms with E-state index in [0.717, 1.165) is 12.5 Å². The average molecular weight is 260 g/mol. The SMILES string of the molecule is Cc1cc(CC(C)N)ccc1N(C)C1CCCCC1. The number of rotatable bonds is 4. The Balaban J connectivity index is 2.10. The number of hydrogen-bond donors (Lipinski definition) is 1. The average Bonchev–Trinajstić information content (AvgIpc) is 2.38. The summed E-state index contributed by atoms with van der Waals surface area (Å²) in [6.07, 6.45) is 7.84. The van der Waals surface area contributed by atoms with Crippen LogP contribution in [0.3, 0.4) is 0 Å². The summed E-state index contributed by atoms with van der Waals surface area (Å²) in [5.74, 6) is 0. The van der Waals surface area contributed by atoms with Gasteiger partial charge in [0.1, 0.15) is 0 Å². The molecule has 1 unspecified atom stereocenters. The second-order valence-electron chi connectivity index (χ2n) is 6.20. The van der Waals surface area contributed by atoms with Crippen molar-refractivity contribution >= 4 is 5.69 Å². The van der Waals surface area contributed by atoms with Crippen LogP contribution in [-0.4, -0.2) is 19.1 Å². The van der Waals surface area contributed by atoms with Gasteiger partial charge in [-0.15, -0.1) is 0 Å². The number of benzene rings is 1. The molecule has 1 atom stereocenters. The standard InChI is InChI=1S/C17H28N2/c1-13-11-15(12-14(2)18)9-10-17(13)19(3)16-7-5-4-6-8-16/h9-11,14,16H,4-8,12,18H2,1-3H3. The summed E-state index contributed by atoms with van der Waals surface area (Å²) in [5, 5.41) is 0. The quantitative estimate of drug-likeness (QED) is 0.895. The number of nitrogens with zero attached hydrogens (tertiary/aromatic N) is 1. The molecule has 0 aromatic heterocycles. The van der Waals surface area contributed by atoms with Gasteiger partial charge in [0.15, 0.2) is 0 Å². The van der Waals surface area contributed by atoms with Gasteiger partial charge < -0.3 is 10.6 Å². The van der Waals surface area contributed by atoms with Crippen molar-refractivity contribution in [1.82, 2.24) is 0 Å². The molecule has 2 heteroatoms. The highest BCUT2D eigenvalue weighted by Gasteiger charge is 2.19. The second-order valence-corrected chi connectivity index (χ2v) is 6.20. The van der Waals surface area contributed by atoms with Crippen LogP contribution in [0.1, 0.15) is 50.2 Å². The lowest BCUT2D eigenvalue weighted by Gasteiger charge is -2.34. The molecule has 0 amide bonds. The van der Waals surface area contributed by atoms with Crippen molar-refractivity contribution in [2.24, 2.45) is 5.73 Å². The lowest BCUT2D eigenvalue weighted by atomic mass is 9.93. The first-order valence-electron chi connectivity index (χ1n) is 7.66. The van der Waals surface area contributed by atoms with Gasteiger partial charge in [-0.1, -0.05) is 31.4 Å². The predicted octanol–water partition coefficient (Wildman–Crippen LogP) is 3.65. The monoisotopic (exact) mass is 260 g/mol. The Labute approximate surface area is 118 Å². The van der Waals surface area contributed by atoms with E-state index in [1.165, 1.54) is 48.9 Å². The van der Waals surface area contributed by atoms with Crippen molar-refractivity contribution < 1.29 is 0 Å². The molecular weight excluding hydrogens is 232 g/mol. The van der Waals surface area contributed by atoms with E-state index in [9.17, 15) is 0 Å². The molecule has 106 valence electrons. The first-order valence-corrected chi connectivity index (χ1v) is 7.66. The normalized spacial score (nSPS) is 18.3. The maximum Gasteiger partial charge on any atom is 0.0396 e. The Hall–Kier alpha value is -1.02. The number of anilines is 1. The van der Waals surface area contributed by atoms with Crippen molar-refractivity contribution in [2.45, 2.75) is 64.5 Å². The third kappa shape index (κ3) is 3.73. The summed E-state index contributed by atoms with van der Waals surface area (Å²) in [4.78, 5) is 2.49. The second kappa shape index (κ2) is 6.42. The van der Waals surface area contributed by atoms with Gasteiger partial charge >= 0.3 is 0 Å². The van der Waals surface area contributed by atoms with Crippen molar-refractivity contribution in [3.05, 3.63) is 29.3 Å². The Bertz CT molecular complexity index is 406. The van der Waals surface area contributed by atoms with Crippen LogP contribution in [0.4, 0.5) is 5.69 Å². The maximum absolute atomic E-state index is 5.88. The van der Waals surface area contributed by atoms with E-state index < -0.39 is 0 Å². The lowest BCUT2D eigenvalue weighted by Crippen LogP contribution is -2.33. The van der Waals surface area contributed by atoms with Crippen LogP contribution < -0.4 is 10.6 Å². The molecule has 1 aliphatic rings. The van der Waals surface area contributed by atoms with Crippen LogP contribution in [-0.2, 0) is 6.42 Å². The first kappa shape index (κ1) is 14.4. The molecule has 1 fully saturated rings. The molecule has 1 aromatic rings. The van der Waals surface area contributed by atoms with Gasteiger partial charge in [0.05, 0.1) is 0 Å².